The number of nitrogens with one attached hydrogen (secondary N) is 1. The Kier molecular flexibility index (Phi) is 7.68. The molecule has 0 bridgehead atoms. The highest BCUT2D eigenvalue weighted by molar-refractivity contribution is 5.85. The molecule has 2 fully saturated rings. The van der Waals surface area contributed by atoms with Gasteiger partial charge in [0.1, 0.15) is 0 Å². The minimum absolute atomic E-state index is 0.0752. The zero-order chi connectivity index (χ0) is 18.2. The first-order valence-corrected chi connectivity index (χ1v) is 9.51. The van der Waals surface area contributed by atoms with Crippen molar-refractivity contribution in [1.82, 2.24) is 15.1 Å². The Balaban J connectivity index is 1.81. The first kappa shape index (κ1) is 19.7. The summed E-state index contributed by atoms with van der Waals surface area (Å²) in [6, 6.07) is 0.0946. The first-order chi connectivity index (χ1) is 12.0. The largest absolute Gasteiger partial charge is 0.481 e. The Labute approximate surface area is 149 Å². The number of amides is 2. The molecular formula is C18H31N3O4. The summed E-state index contributed by atoms with van der Waals surface area (Å²) in [6.45, 7) is 5.40. The molecule has 2 N–H and O–H groups in total. The molecule has 2 amide bonds. The SMILES string of the molecule is CCC[C@H]1CN(CCCC(=O)O)C[C@@H]1NC(=O)CN1CCCCC1=O. The van der Waals surface area contributed by atoms with Crippen molar-refractivity contribution in [3.8, 4) is 0 Å². The molecule has 2 aliphatic rings. The van der Waals surface area contributed by atoms with Crippen LogP contribution in [0, 0.1) is 5.92 Å². The van der Waals surface area contributed by atoms with Crippen molar-refractivity contribution < 1.29 is 19.5 Å². The fourth-order valence-electron chi connectivity index (χ4n) is 3.88. The molecule has 142 valence electrons. The predicted molar refractivity (Wildman–Crippen MR) is 94.1 cm³/mol. The van der Waals surface area contributed by atoms with Crippen LogP contribution in [0.15, 0.2) is 0 Å². The molecular weight excluding hydrogens is 322 g/mol. The molecule has 0 radical (unpaired) electrons. The third-order valence-electron chi connectivity index (χ3n) is 5.14. The Morgan fingerprint density at radius 3 is 2.76 bits per heavy atom. The van der Waals surface area contributed by atoms with Crippen LogP contribution >= 0.6 is 0 Å². The number of hydrogen-bond acceptors (Lipinski definition) is 4. The lowest BCUT2D eigenvalue weighted by atomic mass is 9.98. The van der Waals surface area contributed by atoms with E-state index in [9.17, 15) is 14.4 Å². The molecule has 0 aromatic heterocycles. The van der Waals surface area contributed by atoms with E-state index in [4.69, 9.17) is 5.11 Å². The summed E-state index contributed by atoms with van der Waals surface area (Å²) in [5.41, 5.74) is 0. The topological polar surface area (TPSA) is 90.0 Å². The Bertz CT molecular complexity index is 483. The third kappa shape index (κ3) is 6.30. The average Bonchev–Trinajstić information content (AvgIpc) is 2.91. The van der Waals surface area contributed by atoms with Crippen molar-refractivity contribution >= 4 is 17.8 Å². The summed E-state index contributed by atoms with van der Waals surface area (Å²) in [6.07, 6.45) is 5.36. The number of carboxylic acid groups (broad SMARTS) is 1. The smallest absolute Gasteiger partial charge is 0.303 e. The van der Waals surface area contributed by atoms with E-state index in [0.717, 1.165) is 45.3 Å². The Hall–Kier alpha value is -1.63. The number of aliphatic carboxylic acids is 1. The van der Waals surface area contributed by atoms with Gasteiger partial charge in [0, 0.05) is 38.5 Å². The van der Waals surface area contributed by atoms with E-state index >= 15 is 0 Å². The van der Waals surface area contributed by atoms with Crippen molar-refractivity contribution in [2.24, 2.45) is 5.92 Å². The summed E-state index contributed by atoms with van der Waals surface area (Å²) < 4.78 is 0. The normalized spacial score (nSPS) is 24.5. The molecule has 0 aliphatic carbocycles. The average molecular weight is 353 g/mol. The Morgan fingerprint density at radius 2 is 2.08 bits per heavy atom. The van der Waals surface area contributed by atoms with Crippen LogP contribution in [-0.4, -0.2) is 71.5 Å². The lowest BCUT2D eigenvalue weighted by molar-refractivity contribution is -0.138. The van der Waals surface area contributed by atoms with Crippen molar-refractivity contribution in [2.45, 2.75) is 57.9 Å². The van der Waals surface area contributed by atoms with Crippen LogP contribution < -0.4 is 5.32 Å². The van der Waals surface area contributed by atoms with Gasteiger partial charge in [-0.2, -0.15) is 0 Å². The molecule has 2 atom stereocenters. The molecule has 25 heavy (non-hydrogen) atoms. The van der Waals surface area contributed by atoms with Gasteiger partial charge >= 0.3 is 5.97 Å². The van der Waals surface area contributed by atoms with Gasteiger partial charge in [0.15, 0.2) is 0 Å². The number of hydrogen-bond donors (Lipinski definition) is 2. The van der Waals surface area contributed by atoms with E-state index in [1.165, 1.54) is 0 Å². The van der Waals surface area contributed by atoms with Crippen molar-refractivity contribution in [3.63, 3.8) is 0 Å². The molecule has 0 saturated carbocycles. The summed E-state index contributed by atoms with van der Waals surface area (Å²) in [4.78, 5) is 38.8. The maximum Gasteiger partial charge on any atom is 0.303 e. The van der Waals surface area contributed by atoms with E-state index in [1.807, 2.05) is 0 Å². The number of carbonyl (C=O) groups is 3. The molecule has 0 aromatic carbocycles. The van der Waals surface area contributed by atoms with Crippen molar-refractivity contribution in [2.75, 3.05) is 32.7 Å². The first-order valence-electron chi connectivity index (χ1n) is 9.51. The molecule has 0 unspecified atom stereocenters. The van der Waals surface area contributed by atoms with Crippen LogP contribution in [0.5, 0.6) is 0 Å². The van der Waals surface area contributed by atoms with E-state index in [2.05, 4.69) is 17.1 Å². The lowest BCUT2D eigenvalue weighted by Gasteiger charge is -2.27. The fourth-order valence-corrected chi connectivity index (χ4v) is 3.88. The van der Waals surface area contributed by atoms with Gasteiger partial charge < -0.3 is 20.2 Å². The second kappa shape index (κ2) is 9.75. The standard InChI is InChI=1S/C18H31N3O4/c1-2-6-14-11-20(9-5-8-18(24)25)12-15(14)19-16(22)13-21-10-4-3-7-17(21)23/h14-15H,2-13H2,1H3,(H,19,22)(H,24,25)/t14-,15-/m0/s1. The number of nitrogens with zero attached hydrogens (tertiary/aromatic N) is 2. The van der Waals surface area contributed by atoms with Crippen LogP contribution in [0.3, 0.4) is 0 Å². The molecule has 2 aliphatic heterocycles. The van der Waals surface area contributed by atoms with E-state index in [-0.39, 0.29) is 30.8 Å². The van der Waals surface area contributed by atoms with Crippen molar-refractivity contribution in [3.05, 3.63) is 0 Å². The highest BCUT2D eigenvalue weighted by Gasteiger charge is 2.33. The quantitative estimate of drug-likeness (QED) is 0.647. The van der Waals surface area contributed by atoms with Crippen LogP contribution in [0.1, 0.15) is 51.9 Å². The van der Waals surface area contributed by atoms with E-state index in [1.54, 1.807) is 4.90 Å². The molecule has 0 spiro atoms. The van der Waals surface area contributed by atoms with Gasteiger partial charge in [0.25, 0.3) is 0 Å². The van der Waals surface area contributed by atoms with Gasteiger partial charge in [0.2, 0.25) is 11.8 Å². The second-order valence-corrected chi connectivity index (χ2v) is 7.25. The molecule has 7 nitrogen and oxygen atoms in total. The zero-order valence-electron chi connectivity index (χ0n) is 15.2. The van der Waals surface area contributed by atoms with Gasteiger partial charge in [-0.1, -0.05) is 13.3 Å². The minimum atomic E-state index is -0.764. The fraction of sp³-hybridized carbons (Fsp3) is 0.833. The van der Waals surface area contributed by atoms with Crippen LogP contribution in [0.4, 0.5) is 0 Å². The molecule has 2 saturated heterocycles. The van der Waals surface area contributed by atoms with Gasteiger partial charge in [-0.25, -0.2) is 0 Å². The molecule has 7 heteroatoms. The van der Waals surface area contributed by atoms with Crippen LogP contribution in [-0.2, 0) is 14.4 Å². The number of likely N-dealkylation sites (tertiary alicyclic amines) is 2. The van der Waals surface area contributed by atoms with Gasteiger partial charge in [-0.3, -0.25) is 14.4 Å². The number of piperidine rings is 1. The van der Waals surface area contributed by atoms with Crippen LogP contribution in [0.2, 0.25) is 0 Å². The van der Waals surface area contributed by atoms with E-state index in [0.29, 0.717) is 25.3 Å². The lowest BCUT2D eigenvalue weighted by Crippen LogP contribution is -2.47. The number of carboxylic acids is 1. The third-order valence-corrected chi connectivity index (χ3v) is 5.14. The van der Waals surface area contributed by atoms with Crippen LogP contribution in [0.25, 0.3) is 0 Å². The molecule has 0 aromatic rings. The highest BCUT2D eigenvalue weighted by Crippen LogP contribution is 2.22. The summed E-state index contributed by atoms with van der Waals surface area (Å²) in [5.74, 6) is -0.363. The molecule has 2 rings (SSSR count). The number of rotatable bonds is 9. The zero-order valence-corrected chi connectivity index (χ0v) is 15.2. The van der Waals surface area contributed by atoms with Gasteiger partial charge in [-0.15, -0.1) is 0 Å². The monoisotopic (exact) mass is 353 g/mol. The Morgan fingerprint density at radius 1 is 1.28 bits per heavy atom. The second-order valence-electron chi connectivity index (χ2n) is 7.25. The molecule has 2 heterocycles. The summed E-state index contributed by atoms with van der Waals surface area (Å²) in [7, 11) is 0. The predicted octanol–water partition coefficient (Wildman–Crippen LogP) is 1.08. The highest BCUT2D eigenvalue weighted by atomic mass is 16.4. The maximum atomic E-state index is 12.4. The maximum absolute atomic E-state index is 12.4. The van der Waals surface area contributed by atoms with Gasteiger partial charge in [-0.05, 0) is 38.1 Å². The summed E-state index contributed by atoms with van der Waals surface area (Å²) in [5, 5.41) is 11.9. The summed E-state index contributed by atoms with van der Waals surface area (Å²) >= 11 is 0. The van der Waals surface area contributed by atoms with Gasteiger partial charge in [0.05, 0.1) is 6.54 Å². The van der Waals surface area contributed by atoms with E-state index < -0.39 is 5.97 Å². The minimum Gasteiger partial charge on any atom is -0.481 e. The van der Waals surface area contributed by atoms with Crippen molar-refractivity contribution in [1.29, 1.82) is 0 Å². The number of carbonyl (C=O) groups excluding carboxylic acids is 2.